The first-order chi connectivity index (χ1) is 9.06. The van der Waals surface area contributed by atoms with Crippen LogP contribution in [0.5, 0.6) is 11.5 Å². The Kier molecular flexibility index (Phi) is 4.40. The largest absolute Gasteiger partial charge is 0.457 e. The number of hydrogen-bond donors (Lipinski definition) is 1. The van der Waals surface area contributed by atoms with Crippen molar-refractivity contribution in [2.45, 2.75) is 19.4 Å². The summed E-state index contributed by atoms with van der Waals surface area (Å²) >= 11 is 5.81. The van der Waals surface area contributed by atoms with Gasteiger partial charge in [0.05, 0.1) is 0 Å². The molecule has 2 aromatic carbocycles. The molecule has 2 nitrogen and oxygen atoms in total. The Labute approximate surface area is 117 Å². The van der Waals surface area contributed by atoms with E-state index in [2.05, 4.69) is 0 Å². The van der Waals surface area contributed by atoms with Crippen LogP contribution >= 0.6 is 11.6 Å². The molecule has 0 fully saturated rings. The van der Waals surface area contributed by atoms with E-state index in [1.165, 1.54) is 6.07 Å². The molecule has 0 aromatic heterocycles. The molecule has 1 atom stereocenters. The first-order valence-corrected chi connectivity index (χ1v) is 6.40. The number of ether oxygens (including phenoxy) is 1. The molecule has 1 unspecified atom stereocenters. The highest BCUT2D eigenvalue weighted by molar-refractivity contribution is 6.30. The van der Waals surface area contributed by atoms with Gasteiger partial charge in [-0.05, 0) is 49.7 Å². The molecule has 19 heavy (non-hydrogen) atoms. The molecule has 0 aliphatic heterocycles. The lowest BCUT2D eigenvalue weighted by molar-refractivity contribution is 0.463. The van der Waals surface area contributed by atoms with Crippen molar-refractivity contribution in [2.24, 2.45) is 5.73 Å². The first kappa shape index (κ1) is 13.8. The highest BCUT2D eigenvalue weighted by Crippen LogP contribution is 2.28. The Hall–Kier alpha value is -1.58. The number of benzene rings is 2. The van der Waals surface area contributed by atoms with Crippen LogP contribution in [-0.2, 0) is 6.42 Å². The van der Waals surface area contributed by atoms with Gasteiger partial charge < -0.3 is 10.5 Å². The summed E-state index contributed by atoms with van der Waals surface area (Å²) in [5, 5.41) is 0.627. The zero-order valence-electron chi connectivity index (χ0n) is 10.6. The van der Waals surface area contributed by atoms with Gasteiger partial charge in [-0.3, -0.25) is 0 Å². The highest BCUT2D eigenvalue weighted by Gasteiger charge is 2.12. The zero-order valence-corrected chi connectivity index (χ0v) is 11.3. The summed E-state index contributed by atoms with van der Waals surface area (Å²) in [4.78, 5) is 0. The van der Waals surface area contributed by atoms with Crippen LogP contribution in [0, 0.1) is 5.82 Å². The molecule has 0 saturated heterocycles. The lowest BCUT2D eigenvalue weighted by Gasteiger charge is -2.13. The zero-order chi connectivity index (χ0) is 13.8. The minimum atomic E-state index is -0.302. The van der Waals surface area contributed by atoms with Crippen LogP contribution in [0.3, 0.4) is 0 Å². The first-order valence-electron chi connectivity index (χ1n) is 6.02. The van der Waals surface area contributed by atoms with Crippen LogP contribution < -0.4 is 10.5 Å². The molecule has 0 aliphatic carbocycles. The Morgan fingerprint density at radius 3 is 2.53 bits per heavy atom. The van der Waals surface area contributed by atoms with Gasteiger partial charge in [0.1, 0.15) is 17.3 Å². The van der Waals surface area contributed by atoms with E-state index >= 15 is 0 Å². The third-order valence-electron chi connectivity index (χ3n) is 2.64. The Morgan fingerprint density at radius 2 is 1.89 bits per heavy atom. The summed E-state index contributed by atoms with van der Waals surface area (Å²) in [6.07, 6.45) is 0.426. The molecule has 0 amide bonds. The predicted molar refractivity (Wildman–Crippen MR) is 75.3 cm³/mol. The van der Waals surface area contributed by atoms with Crippen molar-refractivity contribution in [2.75, 3.05) is 0 Å². The lowest BCUT2D eigenvalue weighted by Crippen LogP contribution is -2.19. The maximum Gasteiger partial charge on any atom is 0.133 e. The summed E-state index contributed by atoms with van der Waals surface area (Å²) in [7, 11) is 0. The van der Waals surface area contributed by atoms with Crippen molar-refractivity contribution >= 4 is 11.6 Å². The van der Waals surface area contributed by atoms with E-state index in [0.717, 1.165) is 0 Å². The quantitative estimate of drug-likeness (QED) is 0.912. The summed E-state index contributed by atoms with van der Waals surface area (Å²) in [6, 6.07) is 11.5. The van der Waals surface area contributed by atoms with Gasteiger partial charge in [-0.2, -0.15) is 0 Å². The van der Waals surface area contributed by atoms with Crippen molar-refractivity contribution in [3.8, 4) is 11.5 Å². The highest BCUT2D eigenvalue weighted by atomic mass is 35.5. The van der Waals surface area contributed by atoms with Crippen LogP contribution in [0.1, 0.15) is 12.5 Å². The molecule has 2 rings (SSSR count). The van der Waals surface area contributed by atoms with E-state index in [0.29, 0.717) is 28.5 Å². The van der Waals surface area contributed by atoms with E-state index in [-0.39, 0.29) is 11.9 Å². The lowest BCUT2D eigenvalue weighted by atomic mass is 10.1. The second-order valence-electron chi connectivity index (χ2n) is 4.45. The summed E-state index contributed by atoms with van der Waals surface area (Å²) in [5.41, 5.74) is 6.23. The third kappa shape index (κ3) is 3.69. The second kappa shape index (κ2) is 6.04. The van der Waals surface area contributed by atoms with Gasteiger partial charge >= 0.3 is 0 Å². The van der Waals surface area contributed by atoms with Gasteiger partial charge in [-0.15, -0.1) is 0 Å². The van der Waals surface area contributed by atoms with E-state index < -0.39 is 0 Å². The van der Waals surface area contributed by atoms with Crippen LogP contribution in [0.25, 0.3) is 0 Å². The molecule has 0 aliphatic rings. The Bertz CT molecular complexity index is 555. The average Bonchev–Trinajstić information content (AvgIpc) is 2.36. The van der Waals surface area contributed by atoms with E-state index in [1.807, 2.05) is 6.92 Å². The molecule has 0 bridgehead atoms. The van der Waals surface area contributed by atoms with Gasteiger partial charge in [0.2, 0.25) is 0 Å². The normalized spacial score (nSPS) is 12.2. The van der Waals surface area contributed by atoms with Crippen molar-refractivity contribution < 1.29 is 9.13 Å². The topological polar surface area (TPSA) is 35.2 Å². The van der Waals surface area contributed by atoms with Crippen molar-refractivity contribution in [3.63, 3.8) is 0 Å². The monoisotopic (exact) mass is 279 g/mol. The van der Waals surface area contributed by atoms with Gasteiger partial charge in [0.15, 0.2) is 0 Å². The summed E-state index contributed by atoms with van der Waals surface area (Å²) in [6.45, 7) is 1.83. The molecule has 0 saturated carbocycles. The molecule has 2 N–H and O–H groups in total. The fourth-order valence-electron chi connectivity index (χ4n) is 1.78. The minimum Gasteiger partial charge on any atom is -0.457 e. The molecule has 0 heterocycles. The van der Waals surface area contributed by atoms with Gasteiger partial charge in [-0.25, -0.2) is 4.39 Å². The van der Waals surface area contributed by atoms with Crippen LogP contribution in [-0.4, -0.2) is 6.04 Å². The smallest absolute Gasteiger partial charge is 0.133 e. The summed E-state index contributed by atoms with van der Waals surface area (Å²) < 4.78 is 19.5. The molecule has 100 valence electrons. The maximum absolute atomic E-state index is 13.8. The molecule has 2 aromatic rings. The second-order valence-corrected chi connectivity index (χ2v) is 4.89. The number of hydrogen-bond acceptors (Lipinski definition) is 2. The van der Waals surface area contributed by atoms with Gasteiger partial charge in [-0.1, -0.05) is 17.7 Å². The number of rotatable bonds is 4. The Morgan fingerprint density at radius 1 is 1.21 bits per heavy atom. The van der Waals surface area contributed by atoms with E-state index in [9.17, 15) is 4.39 Å². The Balaban J connectivity index is 2.29. The molecule has 0 spiro atoms. The SMILES string of the molecule is CC(N)Cc1c(F)cccc1Oc1ccc(Cl)cc1. The van der Waals surface area contributed by atoms with Crippen molar-refractivity contribution in [1.29, 1.82) is 0 Å². The van der Waals surface area contributed by atoms with Crippen molar-refractivity contribution in [3.05, 3.63) is 58.9 Å². The van der Waals surface area contributed by atoms with E-state index in [4.69, 9.17) is 22.1 Å². The molecule has 0 radical (unpaired) electrons. The standard InChI is InChI=1S/C15H15ClFNO/c1-10(18)9-13-14(17)3-2-4-15(13)19-12-7-5-11(16)6-8-12/h2-8,10H,9,18H2,1H3. The minimum absolute atomic E-state index is 0.135. The van der Waals surface area contributed by atoms with Gasteiger partial charge in [0, 0.05) is 16.6 Å². The predicted octanol–water partition coefficient (Wildman–Crippen LogP) is 4.16. The number of nitrogens with two attached hydrogens (primary N) is 1. The van der Waals surface area contributed by atoms with E-state index in [1.54, 1.807) is 36.4 Å². The van der Waals surface area contributed by atoms with Gasteiger partial charge in [0.25, 0.3) is 0 Å². The van der Waals surface area contributed by atoms with Crippen LogP contribution in [0.2, 0.25) is 5.02 Å². The third-order valence-corrected chi connectivity index (χ3v) is 2.90. The maximum atomic E-state index is 13.8. The molecular weight excluding hydrogens is 265 g/mol. The number of halogens is 2. The summed E-state index contributed by atoms with van der Waals surface area (Å²) in [5.74, 6) is 0.796. The fourth-order valence-corrected chi connectivity index (χ4v) is 1.91. The van der Waals surface area contributed by atoms with Crippen LogP contribution in [0.15, 0.2) is 42.5 Å². The molecule has 4 heteroatoms. The van der Waals surface area contributed by atoms with Crippen LogP contribution in [0.4, 0.5) is 4.39 Å². The average molecular weight is 280 g/mol. The molecular formula is C15H15ClFNO. The van der Waals surface area contributed by atoms with Crippen molar-refractivity contribution in [1.82, 2.24) is 0 Å². The fraction of sp³-hybridized carbons (Fsp3) is 0.200.